The maximum atomic E-state index is 10.5. The normalized spacial score (nSPS) is 17.7. The lowest BCUT2D eigenvalue weighted by Gasteiger charge is -2.47. The molecule has 27 heavy (non-hydrogen) atoms. The fraction of sp³-hybridized carbons (Fsp3) is 0.667. The zero-order chi connectivity index (χ0) is 20.1. The van der Waals surface area contributed by atoms with Crippen molar-refractivity contribution < 1.29 is 14.9 Å². The topological polar surface area (TPSA) is 52.9 Å². The SMILES string of the molecule is [B]C([B])([B])N(CCC(O)c1cccc(OCC2CCCCC2)c1)C([B])([B])O. The van der Waals surface area contributed by atoms with Crippen LogP contribution in [-0.2, 0) is 0 Å². The smallest absolute Gasteiger partial charge is 0.120 e. The molecule has 2 N–H and O–H groups in total. The molecule has 0 aromatic heterocycles. The van der Waals surface area contributed by atoms with Crippen LogP contribution in [0.5, 0.6) is 5.75 Å². The molecule has 1 aromatic rings. The van der Waals surface area contributed by atoms with Crippen molar-refractivity contribution in [2.45, 2.75) is 55.4 Å². The van der Waals surface area contributed by atoms with Crippen LogP contribution in [0.25, 0.3) is 0 Å². The standard InChI is InChI=1S/C18H24B5NO3/c19-17(20,21)24(18(22,23)26)10-9-16(25)14-7-4-8-15(11-14)27-12-13-5-2-1-3-6-13/h4,7-8,11,13,16,25-26H,1-3,5-6,9-10,12H2. The zero-order valence-electron chi connectivity index (χ0n) is 15.8. The van der Waals surface area contributed by atoms with Gasteiger partial charge in [0.05, 0.1) is 36.2 Å². The lowest BCUT2D eigenvalue weighted by atomic mass is 9.46. The van der Waals surface area contributed by atoms with Crippen LogP contribution in [0, 0.1) is 5.92 Å². The molecule has 0 saturated heterocycles. The number of hydrogen-bond donors (Lipinski definition) is 2. The molecule has 0 bridgehead atoms. The number of aliphatic hydroxyl groups is 2. The van der Waals surface area contributed by atoms with E-state index < -0.39 is 16.9 Å². The summed E-state index contributed by atoms with van der Waals surface area (Å²) in [7, 11) is 27.6. The minimum Gasteiger partial charge on any atom is -0.493 e. The van der Waals surface area contributed by atoms with E-state index in [2.05, 4.69) is 0 Å². The van der Waals surface area contributed by atoms with E-state index in [1.54, 1.807) is 12.1 Å². The summed E-state index contributed by atoms with van der Waals surface area (Å²) >= 11 is 0. The molecule has 1 atom stereocenters. The highest BCUT2D eigenvalue weighted by atomic mass is 16.5. The number of benzene rings is 1. The molecule has 0 aliphatic heterocycles. The minimum atomic E-state index is -2.30. The third kappa shape index (κ3) is 7.28. The second-order valence-electron chi connectivity index (χ2n) is 7.51. The maximum Gasteiger partial charge on any atom is 0.120 e. The third-order valence-corrected chi connectivity index (χ3v) is 4.98. The Labute approximate surface area is 169 Å². The molecule has 1 aliphatic carbocycles. The van der Waals surface area contributed by atoms with Gasteiger partial charge in [-0.2, -0.15) is 0 Å². The van der Waals surface area contributed by atoms with Gasteiger partial charge in [0, 0.05) is 12.1 Å². The molecule has 1 saturated carbocycles. The van der Waals surface area contributed by atoms with Crippen LogP contribution in [-0.4, -0.2) is 78.3 Å². The van der Waals surface area contributed by atoms with Crippen molar-refractivity contribution in [1.29, 1.82) is 0 Å². The Morgan fingerprint density at radius 3 is 2.37 bits per heavy atom. The molecule has 0 heterocycles. The Morgan fingerprint density at radius 2 is 1.78 bits per heavy atom. The van der Waals surface area contributed by atoms with Crippen molar-refractivity contribution in [3.8, 4) is 5.75 Å². The van der Waals surface area contributed by atoms with E-state index in [9.17, 15) is 10.2 Å². The predicted octanol–water partition coefficient (Wildman–Crippen LogP) is 0.429. The lowest BCUT2D eigenvalue weighted by Crippen LogP contribution is -2.63. The van der Waals surface area contributed by atoms with Crippen molar-refractivity contribution >= 4 is 39.2 Å². The van der Waals surface area contributed by atoms with Gasteiger partial charge in [-0.15, -0.1) is 0 Å². The largest absolute Gasteiger partial charge is 0.493 e. The summed E-state index contributed by atoms with van der Waals surface area (Å²) in [6.07, 6.45) is 5.57. The van der Waals surface area contributed by atoms with Gasteiger partial charge in [-0.25, -0.2) is 0 Å². The molecular weight excluding hydrogens is 332 g/mol. The molecule has 0 spiro atoms. The van der Waals surface area contributed by atoms with E-state index >= 15 is 0 Å². The Morgan fingerprint density at radius 1 is 1.11 bits per heavy atom. The van der Waals surface area contributed by atoms with Crippen LogP contribution in [0.15, 0.2) is 24.3 Å². The monoisotopic (exact) mass is 357 g/mol. The fourth-order valence-electron chi connectivity index (χ4n) is 3.48. The van der Waals surface area contributed by atoms with Crippen LogP contribution >= 0.6 is 0 Å². The van der Waals surface area contributed by atoms with Gasteiger partial charge in [-0.1, -0.05) is 36.6 Å². The first kappa shape index (κ1) is 22.5. The average Bonchev–Trinajstić information content (AvgIpc) is 2.59. The summed E-state index contributed by atoms with van der Waals surface area (Å²) in [6, 6.07) is 7.29. The van der Waals surface area contributed by atoms with E-state index in [1.165, 1.54) is 32.1 Å². The molecule has 1 fully saturated rings. The van der Waals surface area contributed by atoms with Gasteiger partial charge in [0.2, 0.25) is 0 Å². The summed E-state index contributed by atoms with van der Waals surface area (Å²) in [6.45, 7) is 0.679. The molecule has 1 unspecified atom stereocenters. The number of rotatable bonds is 9. The lowest BCUT2D eigenvalue weighted by molar-refractivity contribution is 0.0164. The summed E-state index contributed by atoms with van der Waals surface area (Å²) in [4.78, 5) is 0.909. The Balaban J connectivity index is 1.92. The molecule has 9 heteroatoms. The third-order valence-electron chi connectivity index (χ3n) is 4.98. The molecule has 1 aromatic carbocycles. The first-order valence-corrected chi connectivity index (χ1v) is 9.42. The fourth-order valence-corrected chi connectivity index (χ4v) is 3.48. The van der Waals surface area contributed by atoms with Gasteiger partial charge in [0.25, 0.3) is 0 Å². The number of ether oxygens (including phenoxy) is 1. The number of hydrogen-bond acceptors (Lipinski definition) is 4. The highest BCUT2D eigenvalue weighted by Gasteiger charge is 2.31. The summed E-state index contributed by atoms with van der Waals surface area (Å²) in [5.74, 6) is 1.31. The van der Waals surface area contributed by atoms with Crippen LogP contribution < -0.4 is 4.74 Å². The Kier molecular flexibility index (Phi) is 8.02. The van der Waals surface area contributed by atoms with Gasteiger partial charge in [-0.3, -0.25) is 0 Å². The van der Waals surface area contributed by atoms with Gasteiger partial charge in [0.1, 0.15) is 21.4 Å². The highest BCUT2D eigenvalue weighted by molar-refractivity contribution is 6.59. The Bertz CT molecular complexity index is 571. The first-order chi connectivity index (χ1) is 12.6. The van der Waals surface area contributed by atoms with Crippen LogP contribution in [0.2, 0.25) is 0 Å². The number of aliphatic hydroxyl groups excluding tert-OH is 1. The van der Waals surface area contributed by atoms with E-state index in [0.29, 0.717) is 23.8 Å². The van der Waals surface area contributed by atoms with Crippen LogP contribution in [0.1, 0.15) is 50.2 Å². The average molecular weight is 356 g/mol. The van der Waals surface area contributed by atoms with E-state index in [-0.39, 0.29) is 13.0 Å². The molecule has 0 amide bonds. The van der Waals surface area contributed by atoms with Gasteiger partial charge in [-0.05, 0) is 42.9 Å². The zero-order valence-corrected chi connectivity index (χ0v) is 15.8. The van der Waals surface area contributed by atoms with E-state index in [0.717, 1.165) is 4.90 Å². The first-order valence-electron chi connectivity index (χ1n) is 9.42. The van der Waals surface area contributed by atoms with Crippen molar-refractivity contribution in [2.75, 3.05) is 13.2 Å². The molecule has 10 radical (unpaired) electrons. The summed E-state index contributed by atoms with van der Waals surface area (Å²) in [5, 5.41) is 18.3. The maximum absolute atomic E-state index is 10.5. The second-order valence-corrected chi connectivity index (χ2v) is 7.51. The van der Waals surface area contributed by atoms with Crippen molar-refractivity contribution in [2.24, 2.45) is 5.92 Å². The molecule has 2 rings (SSSR count). The Hall–Kier alpha value is -0.775. The van der Waals surface area contributed by atoms with Gasteiger partial charge < -0.3 is 19.8 Å². The van der Waals surface area contributed by atoms with Crippen LogP contribution in [0.3, 0.4) is 0 Å². The highest BCUT2D eigenvalue weighted by Crippen LogP contribution is 2.27. The molecule has 1 aliphatic rings. The summed E-state index contributed by atoms with van der Waals surface area (Å²) < 4.78 is 5.91. The van der Waals surface area contributed by atoms with Crippen molar-refractivity contribution in [3.05, 3.63) is 29.8 Å². The summed E-state index contributed by atoms with van der Waals surface area (Å²) in [5.41, 5.74) is -1.63. The number of nitrogens with zero attached hydrogens (tertiary/aromatic N) is 1. The molecular formula is C18H24B5NO3. The van der Waals surface area contributed by atoms with Crippen molar-refractivity contribution in [1.82, 2.24) is 4.90 Å². The quantitative estimate of drug-likeness (QED) is 0.498. The minimum absolute atomic E-state index is 0.0126. The van der Waals surface area contributed by atoms with Gasteiger partial charge in [0.15, 0.2) is 0 Å². The molecule has 4 nitrogen and oxygen atoms in total. The van der Waals surface area contributed by atoms with Gasteiger partial charge >= 0.3 is 0 Å². The second kappa shape index (κ2) is 9.62. The van der Waals surface area contributed by atoms with Crippen LogP contribution in [0.4, 0.5) is 0 Å². The predicted molar refractivity (Wildman–Crippen MR) is 111 cm³/mol. The van der Waals surface area contributed by atoms with E-state index in [4.69, 9.17) is 44.0 Å². The molecule has 134 valence electrons. The van der Waals surface area contributed by atoms with E-state index in [1.807, 2.05) is 12.1 Å². The van der Waals surface area contributed by atoms with Crippen molar-refractivity contribution in [3.63, 3.8) is 0 Å².